The van der Waals surface area contributed by atoms with Gasteiger partial charge in [0.2, 0.25) is 0 Å². The maximum atomic E-state index is 16.1. The number of aromatic amines is 2. The second-order valence-corrected chi connectivity index (χ2v) is 11.0. The van der Waals surface area contributed by atoms with E-state index in [9.17, 15) is 8.78 Å². The van der Waals surface area contributed by atoms with Gasteiger partial charge in [-0.3, -0.25) is 20.0 Å². The van der Waals surface area contributed by atoms with Crippen molar-refractivity contribution in [2.45, 2.75) is 25.8 Å². The van der Waals surface area contributed by atoms with Crippen LogP contribution in [0.15, 0.2) is 49.1 Å². The van der Waals surface area contributed by atoms with Gasteiger partial charge in [0.25, 0.3) is 5.92 Å². The van der Waals surface area contributed by atoms with E-state index in [1.54, 1.807) is 34.7 Å². The first-order valence-electron chi connectivity index (χ1n) is 12.3. The summed E-state index contributed by atoms with van der Waals surface area (Å²) >= 11 is 1.62. The monoisotopic (exact) mass is 546 g/mol. The lowest BCUT2D eigenvalue weighted by Gasteiger charge is -2.15. The number of pyridine rings is 3. The minimum Gasteiger partial charge on any atom is -0.336 e. The van der Waals surface area contributed by atoms with Crippen molar-refractivity contribution in [1.82, 2.24) is 40.0 Å². The fourth-order valence-corrected chi connectivity index (χ4v) is 5.90. The highest BCUT2D eigenvalue weighted by molar-refractivity contribution is 7.15. The van der Waals surface area contributed by atoms with E-state index in [-0.39, 0.29) is 29.6 Å². The minimum absolute atomic E-state index is 0.162. The normalized spacial score (nSPS) is 15.6. The summed E-state index contributed by atoms with van der Waals surface area (Å²) < 4.78 is 43.4. The van der Waals surface area contributed by atoms with Crippen molar-refractivity contribution < 1.29 is 13.2 Å². The Morgan fingerprint density at radius 3 is 2.79 bits per heavy atom. The molecular formula is C27H21F3N8S. The maximum Gasteiger partial charge on any atom is 0.261 e. The van der Waals surface area contributed by atoms with E-state index >= 15 is 4.39 Å². The molecule has 7 rings (SSSR count). The average molecular weight is 547 g/mol. The molecule has 2 N–H and O–H groups in total. The van der Waals surface area contributed by atoms with Crippen LogP contribution in [0.1, 0.15) is 16.9 Å². The molecule has 1 aliphatic heterocycles. The molecule has 39 heavy (non-hydrogen) atoms. The number of alkyl halides is 2. The van der Waals surface area contributed by atoms with Gasteiger partial charge in [-0.05, 0) is 36.8 Å². The molecule has 0 unspecified atom stereocenters. The highest BCUT2D eigenvalue weighted by atomic mass is 32.1. The smallest absolute Gasteiger partial charge is 0.261 e. The molecule has 12 heteroatoms. The van der Waals surface area contributed by atoms with Crippen molar-refractivity contribution in [2.75, 3.05) is 13.1 Å². The molecule has 0 radical (unpaired) electrons. The fourth-order valence-electron chi connectivity index (χ4n) is 5.04. The third-order valence-electron chi connectivity index (χ3n) is 6.89. The number of likely N-dealkylation sites (tertiary alicyclic amines) is 1. The Hall–Kier alpha value is -4.16. The molecule has 6 aromatic heterocycles. The number of aryl methyl sites for hydroxylation is 1. The van der Waals surface area contributed by atoms with Crippen molar-refractivity contribution in [3.8, 4) is 33.2 Å². The molecule has 0 spiro atoms. The summed E-state index contributed by atoms with van der Waals surface area (Å²) in [5.41, 5.74) is 4.20. The van der Waals surface area contributed by atoms with E-state index in [4.69, 9.17) is 4.98 Å². The number of nitrogens with zero attached hydrogens (tertiary/aromatic N) is 6. The average Bonchev–Trinajstić information content (AvgIpc) is 3.70. The predicted molar refractivity (Wildman–Crippen MR) is 143 cm³/mol. The molecule has 0 saturated carbocycles. The van der Waals surface area contributed by atoms with Gasteiger partial charge in [0.05, 0.1) is 22.3 Å². The summed E-state index contributed by atoms with van der Waals surface area (Å²) in [6.45, 7) is 2.35. The number of halogens is 3. The van der Waals surface area contributed by atoms with Gasteiger partial charge in [0.1, 0.15) is 22.7 Å². The Morgan fingerprint density at radius 2 is 2.00 bits per heavy atom. The largest absolute Gasteiger partial charge is 0.336 e. The van der Waals surface area contributed by atoms with Crippen LogP contribution in [0.25, 0.3) is 55.3 Å². The number of nitrogens with one attached hydrogen (secondary N) is 2. The SMILES string of the molecule is Cc1ccc(-c2nccc3[nH]c(-c4n[nH]c5ncc(-c6cncc(CN7CCC(F)(F)C7)c6)c(F)c45)nc23)s1. The Morgan fingerprint density at radius 1 is 1.10 bits per heavy atom. The van der Waals surface area contributed by atoms with Crippen molar-refractivity contribution in [3.63, 3.8) is 0 Å². The Balaban J connectivity index is 1.28. The molecule has 0 bridgehead atoms. The molecule has 1 aliphatic rings. The van der Waals surface area contributed by atoms with Gasteiger partial charge in [-0.1, -0.05) is 0 Å². The summed E-state index contributed by atoms with van der Waals surface area (Å²) in [5.74, 6) is -2.82. The number of hydrogen-bond donors (Lipinski definition) is 2. The molecule has 8 nitrogen and oxygen atoms in total. The molecule has 0 amide bonds. The van der Waals surface area contributed by atoms with Crippen molar-refractivity contribution >= 4 is 33.4 Å². The van der Waals surface area contributed by atoms with Crippen LogP contribution in [-0.2, 0) is 6.54 Å². The second kappa shape index (κ2) is 8.95. The van der Waals surface area contributed by atoms with E-state index in [0.29, 0.717) is 35.7 Å². The predicted octanol–water partition coefficient (Wildman–Crippen LogP) is 5.98. The van der Waals surface area contributed by atoms with E-state index < -0.39 is 11.7 Å². The molecule has 1 saturated heterocycles. The molecule has 0 aromatic carbocycles. The zero-order chi connectivity index (χ0) is 26.7. The standard InChI is InChI=1S/C27H21F3N8S/c1-14-2-3-19(39-14)23-22-18(4-6-32-23)34-26(35-22)24-20-21(28)17(11-33-25(20)37-36-24)16-8-15(9-31-10-16)12-38-7-5-27(29,30)13-38/h2-4,6,8-11H,5,7,12-13H2,1H3,(H,34,35)(H,33,36,37). The topological polar surface area (TPSA) is 99.3 Å². The van der Waals surface area contributed by atoms with Gasteiger partial charge in [-0.25, -0.2) is 23.1 Å². The first kappa shape index (κ1) is 23.9. The number of H-pyrrole nitrogens is 2. The van der Waals surface area contributed by atoms with Gasteiger partial charge in [0, 0.05) is 60.3 Å². The van der Waals surface area contributed by atoms with Crippen LogP contribution in [-0.4, -0.2) is 59.0 Å². The quantitative estimate of drug-likeness (QED) is 0.276. The van der Waals surface area contributed by atoms with Crippen LogP contribution in [0.4, 0.5) is 13.2 Å². The third-order valence-corrected chi connectivity index (χ3v) is 7.89. The first-order valence-corrected chi connectivity index (χ1v) is 13.2. The number of hydrogen-bond acceptors (Lipinski definition) is 7. The van der Waals surface area contributed by atoms with Crippen molar-refractivity contribution in [1.29, 1.82) is 0 Å². The van der Waals surface area contributed by atoms with Crippen LogP contribution in [0.5, 0.6) is 0 Å². The van der Waals surface area contributed by atoms with Crippen LogP contribution >= 0.6 is 11.3 Å². The summed E-state index contributed by atoms with van der Waals surface area (Å²) in [6.07, 6.45) is 6.12. The molecule has 6 aromatic rings. The van der Waals surface area contributed by atoms with Crippen molar-refractivity contribution in [3.05, 3.63) is 65.3 Å². The molecule has 7 heterocycles. The van der Waals surface area contributed by atoms with E-state index in [1.165, 1.54) is 12.4 Å². The minimum atomic E-state index is -2.68. The molecule has 0 atom stereocenters. The zero-order valence-electron chi connectivity index (χ0n) is 20.7. The van der Waals surface area contributed by atoms with Crippen LogP contribution in [0.2, 0.25) is 0 Å². The Bertz CT molecular complexity index is 1860. The maximum absolute atomic E-state index is 16.1. The number of fused-ring (bicyclic) bond motifs is 2. The van der Waals surface area contributed by atoms with Gasteiger partial charge >= 0.3 is 0 Å². The molecule has 196 valence electrons. The first-order chi connectivity index (χ1) is 18.8. The summed E-state index contributed by atoms with van der Waals surface area (Å²) in [7, 11) is 0. The Kier molecular flexibility index (Phi) is 5.49. The van der Waals surface area contributed by atoms with E-state index in [2.05, 4.69) is 30.1 Å². The van der Waals surface area contributed by atoms with Crippen LogP contribution < -0.4 is 0 Å². The Labute approximate surface area is 224 Å². The second-order valence-electron chi connectivity index (χ2n) is 9.73. The number of thiophene rings is 1. The lowest BCUT2D eigenvalue weighted by Crippen LogP contribution is -2.24. The van der Waals surface area contributed by atoms with Crippen LogP contribution in [0.3, 0.4) is 0 Å². The highest BCUT2D eigenvalue weighted by Gasteiger charge is 2.38. The summed E-state index contributed by atoms with van der Waals surface area (Å²) in [5, 5.41) is 7.32. The number of imidazole rings is 1. The lowest BCUT2D eigenvalue weighted by molar-refractivity contribution is 0.0115. The van der Waals surface area contributed by atoms with Gasteiger partial charge in [0.15, 0.2) is 11.5 Å². The van der Waals surface area contributed by atoms with Gasteiger partial charge < -0.3 is 4.98 Å². The van der Waals surface area contributed by atoms with E-state index in [1.807, 2.05) is 25.1 Å². The summed E-state index contributed by atoms with van der Waals surface area (Å²) in [4.78, 5) is 25.0. The van der Waals surface area contributed by atoms with Gasteiger partial charge in [-0.2, -0.15) is 5.10 Å². The molecular weight excluding hydrogens is 525 g/mol. The third kappa shape index (κ3) is 4.25. The summed E-state index contributed by atoms with van der Waals surface area (Å²) in [6, 6.07) is 7.62. The van der Waals surface area contributed by atoms with Gasteiger partial charge in [-0.15, -0.1) is 11.3 Å². The molecule has 0 aliphatic carbocycles. The fraction of sp³-hybridized carbons (Fsp3) is 0.222. The number of aromatic nitrogens is 7. The van der Waals surface area contributed by atoms with E-state index in [0.717, 1.165) is 26.5 Å². The number of rotatable bonds is 5. The van der Waals surface area contributed by atoms with Crippen LogP contribution in [0, 0.1) is 12.7 Å². The lowest BCUT2D eigenvalue weighted by atomic mass is 10.0. The zero-order valence-corrected chi connectivity index (χ0v) is 21.5. The van der Waals surface area contributed by atoms with Crippen molar-refractivity contribution in [2.24, 2.45) is 0 Å². The molecule has 1 fully saturated rings. The highest BCUT2D eigenvalue weighted by Crippen LogP contribution is 2.36.